The Balaban J connectivity index is 0.942. The van der Waals surface area contributed by atoms with Crippen LogP contribution in [0, 0.1) is 0 Å². The highest BCUT2D eigenvalue weighted by molar-refractivity contribution is 5.96. The number of fused-ring (bicyclic) bond motifs is 10. The van der Waals surface area contributed by atoms with Gasteiger partial charge >= 0.3 is 0 Å². The molecule has 1 spiro atoms. The van der Waals surface area contributed by atoms with E-state index in [1.54, 1.807) is 6.20 Å². The van der Waals surface area contributed by atoms with Crippen molar-refractivity contribution in [3.8, 4) is 89.5 Å². The van der Waals surface area contributed by atoms with Gasteiger partial charge in [-0.15, -0.1) is 0 Å². The fourth-order valence-electron chi connectivity index (χ4n) is 9.84. The van der Waals surface area contributed by atoms with Crippen molar-refractivity contribution in [2.75, 3.05) is 0 Å². The Morgan fingerprint density at radius 3 is 1.34 bits per heavy atom. The molecule has 8 aromatic carbocycles. The Morgan fingerprint density at radius 1 is 0.279 bits per heavy atom. The minimum Gasteiger partial charge on any atom is -0.264 e. The quantitative estimate of drug-likeness (QED) is 0.169. The molecule has 2 aliphatic rings. The van der Waals surface area contributed by atoms with Crippen LogP contribution < -0.4 is 0 Å². The molecule has 0 atom stereocenters. The van der Waals surface area contributed by atoms with Crippen LogP contribution in [0.1, 0.15) is 22.3 Å². The lowest BCUT2D eigenvalue weighted by atomic mass is 9.70. The number of pyridine rings is 1. The predicted molar refractivity (Wildman–Crippen MR) is 249 cm³/mol. The lowest BCUT2D eigenvalue weighted by Crippen LogP contribution is -2.25. The SMILES string of the molecule is c1ccc(-c2nc(-c3ccc(-c4cccnc4)cc3)cc(-c3cccc(-c4cccc(-c5ccc6c(c5)C5(c7ccccc7-c7ccccc75)c5ccccc5-6)c4)c3)n2)cc1. The van der Waals surface area contributed by atoms with Gasteiger partial charge in [0.1, 0.15) is 0 Å². The monoisotopic (exact) mass is 775 g/mol. The second-order valence-electron chi connectivity index (χ2n) is 16.0. The van der Waals surface area contributed by atoms with Crippen LogP contribution in [-0.4, -0.2) is 15.0 Å². The zero-order valence-corrected chi connectivity index (χ0v) is 33.2. The van der Waals surface area contributed by atoms with E-state index >= 15 is 0 Å². The summed E-state index contributed by atoms with van der Waals surface area (Å²) in [5.74, 6) is 0.695. The smallest absolute Gasteiger partial charge is 0.160 e. The molecule has 0 N–H and O–H groups in total. The van der Waals surface area contributed by atoms with Crippen molar-refractivity contribution in [1.29, 1.82) is 0 Å². The maximum Gasteiger partial charge on any atom is 0.160 e. The summed E-state index contributed by atoms with van der Waals surface area (Å²) in [6.07, 6.45) is 3.69. The average molecular weight is 776 g/mol. The van der Waals surface area contributed by atoms with Crippen molar-refractivity contribution in [3.05, 3.63) is 247 Å². The maximum atomic E-state index is 5.16. The van der Waals surface area contributed by atoms with E-state index < -0.39 is 0 Å². The number of benzene rings is 8. The summed E-state index contributed by atoms with van der Waals surface area (Å²) in [5, 5.41) is 0. The van der Waals surface area contributed by atoms with Crippen molar-refractivity contribution in [1.82, 2.24) is 15.0 Å². The molecule has 2 heterocycles. The Bertz CT molecular complexity index is 3230. The van der Waals surface area contributed by atoms with Gasteiger partial charge in [0, 0.05) is 29.1 Å². The molecule has 0 unspecified atom stereocenters. The number of hydrogen-bond acceptors (Lipinski definition) is 3. The van der Waals surface area contributed by atoms with E-state index in [4.69, 9.17) is 9.97 Å². The van der Waals surface area contributed by atoms with Crippen LogP contribution in [0.25, 0.3) is 89.5 Å². The van der Waals surface area contributed by atoms with Crippen LogP contribution in [0.5, 0.6) is 0 Å². The van der Waals surface area contributed by atoms with Crippen LogP contribution in [0.15, 0.2) is 225 Å². The summed E-state index contributed by atoms with van der Waals surface area (Å²) in [7, 11) is 0. The molecule has 3 nitrogen and oxygen atoms in total. The van der Waals surface area contributed by atoms with Crippen molar-refractivity contribution in [2.24, 2.45) is 0 Å². The second-order valence-corrected chi connectivity index (χ2v) is 16.0. The third-order valence-electron chi connectivity index (χ3n) is 12.6. The summed E-state index contributed by atoms with van der Waals surface area (Å²) >= 11 is 0. The van der Waals surface area contributed by atoms with E-state index in [9.17, 15) is 0 Å². The fourth-order valence-corrected chi connectivity index (χ4v) is 9.84. The van der Waals surface area contributed by atoms with Gasteiger partial charge in [0.05, 0.1) is 16.8 Å². The third kappa shape index (κ3) is 5.62. The Morgan fingerprint density at radius 2 is 0.738 bits per heavy atom. The largest absolute Gasteiger partial charge is 0.264 e. The van der Waals surface area contributed by atoms with Gasteiger partial charge in [0.25, 0.3) is 0 Å². The van der Waals surface area contributed by atoms with E-state index in [0.717, 1.165) is 50.3 Å². The van der Waals surface area contributed by atoms with Crippen molar-refractivity contribution in [3.63, 3.8) is 0 Å². The van der Waals surface area contributed by atoms with Gasteiger partial charge in [0.2, 0.25) is 0 Å². The molecule has 61 heavy (non-hydrogen) atoms. The second kappa shape index (κ2) is 14.1. The van der Waals surface area contributed by atoms with Crippen LogP contribution in [-0.2, 0) is 5.41 Å². The van der Waals surface area contributed by atoms with Crippen molar-refractivity contribution >= 4 is 0 Å². The molecule has 12 rings (SSSR count). The van der Waals surface area contributed by atoms with Gasteiger partial charge in [-0.3, -0.25) is 4.98 Å². The Kier molecular flexibility index (Phi) is 8.07. The van der Waals surface area contributed by atoms with Gasteiger partial charge in [-0.05, 0) is 108 Å². The molecule has 0 fully saturated rings. The fraction of sp³-hybridized carbons (Fsp3) is 0.0172. The van der Waals surface area contributed by atoms with Gasteiger partial charge in [0.15, 0.2) is 5.82 Å². The minimum atomic E-state index is -0.378. The molecule has 284 valence electrons. The van der Waals surface area contributed by atoms with Gasteiger partial charge in [-0.1, -0.05) is 182 Å². The molecule has 0 aliphatic heterocycles. The first-order valence-corrected chi connectivity index (χ1v) is 20.8. The number of nitrogens with zero attached hydrogens (tertiary/aromatic N) is 3. The first kappa shape index (κ1) is 35.0. The standard InChI is InChI=1S/C58H37N3/c1-2-13-40(14-3-1)57-60-55(39-28-26-38(27-29-39)46-19-12-32-59-37-46)36-56(61-57)45-18-11-17-43(34-45)41-15-10-16-42(33-41)44-30-31-50-49-22-6-9-25-53(49)58(54(50)35-44)51-23-7-4-20-47(51)48-21-5-8-24-52(48)58/h1-37H. The van der Waals surface area contributed by atoms with Crippen LogP contribution in [0.3, 0.4) is 0 Å². The Labute approximate surface area is 355 Å². The zero-order valence-electron chi connectivity index (χ0n) is 33.2. The van der Waals surface area contributed by atoms with E-state index in [2.05, 4.69) is 193 Å². The lowest BCUT2D eigenvalue weighted by Gasteiger charge is -2.30. The minimum absolute atomic E-state index is 0.378. The molecule has 2 aliphatic carbocycles. The molecule has 0 radical (unpaired) electrons. The number of aromatic nitrogens is 3. The van der Waals surface area contributed by atoms with Gasteiger partial charge in [-0.25, -0.2) is 9.97 Å². The maximum absolute atomic E-state index is 5.16. The normalized spacial score (nSPS) is 12.7. The summed E-state index contributed by atoms with van der Waals surface area (Å²) in [6.45, 7) is 0. The van der Waals surface area contributed by atoms with Crippen LogP contribution >= 0.6 is 0 Å². The lowest BCUT2D eigenvalue weighted by molar-refractivity contribution is 0.794. The average Bonchev–Trinajstić information content (AvgIpc) is 3.82. The molecule has 3 heteroatoms. The van der Waals surface area contributed by atoms with E-state index in [-0.39, 0.29) is 5.41 Å². The molecule has 0 saturated carbocycles. The summed E-state index contributed by atoms with van der Waals surface area (Å²) in [4.78, 5) is 14.6. The van der Waals surface area contributed by atoms with Crippen molar-refractivity contribution < 1.29 is 0 Å². The van der Waals surface area contributed by atoms with Crippen molar-refractivity contribution in [2.45, 2.75) is 5.41 Å². The zero-order chi connectivity index (χ0) is 40.3. The van der Waals surface area contributed by atoms with E-state index in [0.29, 0.717) is 5.82 Å². The molecule has 10 aromatic rings. The van der Waals surface area contributed by atoms with Crippen LogP contribution in [0.2, 0.25) is 0 Å². The topological polar surface area (TPSA) is 38.7 Å². The number of rotatable bonds is 6. The highest BCUT2D eigenvalue weighted by atomic mass is 14.9. The summed E-state index contributed by atoms with van der Waals surface area (Å²) in [6, 6.07) is 76.7. The number of hydrogen-bond donors (Lipinski definition) is 0. The van der Waals surface area contributed by atoms with Gasteiger partial charge in [-0.2, -0.15) is 0 Å². The predicted octanol–water partition coefficient (Wildman–Crippen LogP) is 14.2. The van der Waals surface area contributed by atoms with Crippen LogP contribution in [0.4, 0.5) is 0 Å². The molecular weight excluding hydrogens is 739 g/mol. The molecule has 0 amide bonds. The highest BCUT2D eigenvalue weighted by Crippen LogP contribution is 2.63. The third-order valence-corrected chi connectivity index (χ3v) is 12.6. The highest BCUT2D eigenvalue weighted by Gasteiger charge is 2.51. The van der Waals surface area contributed by atoms with E-state index in [1.807, 2.05) is 30.5 Å². The first-order valence-electron chi connectivity index (χ1n) is 20.8. The molecule has 2 aromatic heterocycles. The molecular formula is C58H37N3. The molecule has 0 saturated heterocycles. The van der Waals surface area contributed by atoms with Gasteiger partial charge < -0.3 is 0 Å². The molecule has 0 bridgehead atoms. The Hall–Kier alpha value is -8.01. The first-order chi connectivity index (χ1) is 30.2. The summed E-state index contributed by atoms with van der Waals surface area (Å²) in [5.41, 5.74) is 21.9. The summed E-state index contributed by atoms with van der Waals surface area (Å²) < 4.78 is 0. The van der Waals surface area contributed by atoms with E-state index in [1.165, 1.54) is 55.6 Å².